The van der Waals surface area contributed by atoms with Crippen LogP contribution in [-0.4, -0.2) is 54.1 Å². The molecule has 0 aromatic heterocycles. The van der Waals surface area contributed by atoms with Gasteiger partial charge in [0.05, 0.1) is 12.7 Å². The first-order chi connectivity index (χ1) is 8.61. The Balaban J connectivity index is 1.79. The number of carbonyl (C=O) groups excluding carboxylic acids is 1. The van der Waals surface area contributed by atoms with Crippen molar-refractivity contribution in [1.29, 1.82) is 0 Å². The normalized spacial score (nSPS) is 29.8. The van der Waals surface area contributed by atoms with E-state index in [9.17, 15) is 4.79 Å². The molecular formula is C14H27N3O. The Morgan fingerprint density at radius 2 is 2.22 bits per heavy atom. The Hall–Kier alpha value is -0.610. The molecule has 0 aromatic carbocycles. The predicted octanol–water partition coefficient (Wildman–Crippen LogP) is 1.27. The number of likely N-dealkylation sites (tertiary alicyclic amines) is 1. The summed E-state index contributed by atoms with van der Waals surface area (Å²) in [7, 11) is 0. The van der Waals surface area contributed by atoms with Crippen molar-refractivity contribution in [2.75, 3.05) is 26.3 Å². The zero-order valence-corrected chi connectivity index (χ0v) is 12.0. The molecule has 0 spiro atoms. The van der Waals surface area contributed by atoms with Crippen molar-refractivity contribution < 1.29 is 4.79 Å². The lowest BCUT2D eigenvalue weighted by Gasteiger charge is -2.22. The molecule has 4 heteroatoms. The van der Waals surface area contributed by atoms with Gasteiger partial charge in [-0.15, -0.1) is 0 Å². The highest BCUT2D eigenvalue weighted by Crippen LogP contribution is 2.21. The lowest BCUT2D eigenvalue weighted by atomic mass is 10.1. The fourth-order valence-corrected chi connectivity index (χ4v) is 3.07. The van der Waals surface area contributed by atoms with E-state index in [1.54, 1.807) is 0 Å². The summed E-state index contributed by atoms with van der Waals surface area (Å²) >= 11 is 0. The molecule has 2 aliphatic rings. The van der Waals surface area contributed by atoms with Crippen LogP contribution in [0.1, 0.15) is 40.0 Å². The Labute approximate surface area is 111 Å². The SMILES string of the molecule is CCCC1NCN(CC2CCN(C(C)C)C2)C1=O. The molecule has 2 unspecified atom stereocenters. The topological polar surface area (TPSA) is 35.6 Å². The quantitative estimate of drug-likeness (QED) is 0.801. The zero-order chi connectivity index (χ0) is 13.1. The second-order valence-electron chi connectivity index (χ2n) is 6.01. The van der Waals surface area contributed by atoms with E-state index in [4.69, 9.17) is 0 Å². The minimum Gasteiger partial charge on any atom is -0.328 e. The molecule has 2 rings (SSSR count). The molecule has 2 heterocycles. The van der Waals surface area contributed by atoms with Crippen LogP contribution in [0.15, 0.2) is 0 Å². The van der Waals surface area contributed by atoms with Crippen molar-refractivity contribution in [3.05, 3.63) is 0 Å². The van der Waals surface area contributed by atoms with Crippen molar-refractivity contribution in [3.63, 3.8) is 0 Å². The number of rotatable bonds is 5. The van der Waals surface area contributed by atoms with Crippen LogP contribution < -0.4 is 5.32 Å². The Kier molecular flexibility index (Phi) is 4.62. The van der Waals surface area contributed by atoms with Crippen molar-refractivity contribution in [2.24, 2.45) is 5.92 Å². The van der Waals surface area contributed by atoms with Gasteiger partial charge < -0.3 is 9.80 Å². The summed E-state index contributed by atoms with van der Waals surface area (Å²) in [4.78, 5) is 16.7. The monoisotopic (exact) mass is 253 g/mol. The minimum atomic E-state index is 0.0811. The van der Waals surface area contributed by atoms with E-state index in [2.05, 4.69) is 31.0 Å². The smallest absolute Gasteiger partial charge is 0.240 e. The second-order valence-corrected chi connectivity index (χ2v) is 6.01. The van der Waals surface area contributed by atoms with Crippen LogP contribution in [0.25, 0.3) is 0 Å². The van der Waals surface area contributed by atoms with Gasteiger partial charge in [-0.25, -0.2) is 0 Å². The molecule has 0 radical (unpaired) electrons. The highest BCUT2D eigenvalue weighted by Gasteiger charge is 2.33. The summed E-state index contributed by atoms with van der Waals surface area (Å²) < 4.78 is 0. The Morgan fingerprint density at radius 3 is 2.83 bits per heavy atom. The molecule has 1 N–H and O–H groups in total. The summed E-state index contributed by atoms with van der Waals surface area (Å²) in [6, 6.07) is 0.716. The number of carbonyl (C=O) groups is 1. The maximum absolute atomic E-state index is 12.1. The highest BCUT2D eigenvalue weighted by atomic mass is 16.2. The van der Waals surface area contributed by atoms with Gasteiger partial charge in [0.25, 0.3) is 0 Å². The summed E-state index contributed by atoms with van der Waals surface area (Å²) in [6.07, 6.45) is 3.28. The van der Waals surface area contributed by atoms with Crippen LogP contribution in [-0.2, 0) is 4.79 Å². The molecule has 0 aromatic rings. The molecule has 0 saturated carbocycles. The van der Waals surface area contributed by atoms with Crippen LogP contribution in [0.2, 0.25) is 0 Å². The molecule has 4 nitrogen and oxygen atoms in total. The fourth-order valence-electron chi connectivity index (χ4n) is 3.07. The van der Waals surface area contributed by atoms with Crippen LogP contribution in [0, 0.1) is 5.92 Å². The maximum atomic E-state index is 12.1. The first kappa shape index (κ1) is 13.8. The summed E-state index contributed by atoms with van der Waals surface area (Å²) in [5.74, 6) is 0.985. The Bertz CT molecular complexity index is 293. The standard InChI is InChI=1S/C14H27N3O/c1-4-5-13-14(18)17(10-15-13)9-12-6-7-16(8-12)11(2)3/h11-13,15H,4-10H2,1-3H3. The lowest BCUT2D eigenvalue weighted by molar-refractivity contribution is -0.129. The molecule has 104 valence electrons. The van der Waals surface area contributed by atoms with Gasteiger partial charge in [0.2, 0.25) is 5.91 Å². The van der Waals surface area contributed by atoms with Crippen LogP contribution >= 0.6 is 0 Å². The number of amides is 1. The third-order valence-corrected chi connectivity index (χ3v) is 4.24. The molecule has 2 fully saturated rings. The van der Waals surface area contributed by atoms with Gasteiger partial charge >= 0.3 is 0 Å². The van der Waals surface area contributed by atoms with E-state index in [1.807, 2.05) is 4.90 Å². The second kappa shape index (κ2) is 6.02. The van der Waals surface area contributed by atoms with Crippen molar-refractivity contribution in [1.82, 2.24) is 15.1 Å². The van der Waals surface area contributed by atoms with Crippen LogP contribution in [0.3, 0.4) is 0 Å². The van der Waals surface area contributed by atoms with Gasteiger partial charge in [-0.2, -0.15) is 0 Å². The van der Waals surface area contributed by atoms with Gasteiger partial charge in [0.1, 0.15) is 0 Å². The zero-order valence-electron chi connectivity index (χ0n) is 12.0. The Morgan fingerprint density at radius 1 is 1.44 bits per heavy atom. The van der Waals surface area contributed by atoms with Gasteiger partial charge in [-0.3, -0.25) is 10.1 Å². The number of nitrogens with zero attached hydrogens (tertiary/aromatic N) is 2. The van der Waals surface area contributed by atoms with Gasteiger partial charge in [-0.1, -0.05) is 13.3 Å². The third kappa shape index (κ3) is 3.04. The highest BCUT2D eigenvalue weighted by molar-refractivity contribution is 5.83. The number of nitrogens with one attached hydrogen (secondary N) is 1. The molecule has 1 amide bonds. The third-order valence-electron chi connectivity index (χ3n) is 4.24. The summed E-state index contributed by atoms with van der Waals surface area (Å²) in [6.45, 7) is 10.7. The van der Waals surface area contributed by atoms with Crippen molar-refractivity contribution >= 4 is 5.91 Å². The van der Waals surface area contributed by atoms with E-state index in [1.165, 1.54) is 13.0 Å². The predicted molar refractivity (Wildman–Crippen MR) is 73.2 cm³/mol. The average Bonchev–Trinajstić information content (AvgIpc) is 2.91. The fraction of sp³-hybridized carbons (Fsp3) is 0.929. The van der Waals surface area contributed by atoms with Crippen LogP contribution in [0.5, 0.6) is 0 Å². The number of hydrogen-bond acceptors (Lipinski definition) is 3. The van der Waals surface area contributed by atoms with Gasteiger partial charge in [-0.05, 0) is 39.2 Å². The summed E-state index contributed by atoms with van der Waals surface area (Å²) in [5.41, 5.74) is 0. The van der Waals surface area contributed by atoms with E-state index in [0.29, 0.717) is 17.9 Å². The number of hydrogen-bond donors (Lipinski definition) is 1. The molecule has 0 aliphatic carbocycles. The van der Waals surface area contributed by atoms with E-state index < -0.39 is 0 Å². The first-order valence-electron chi connectivity index (χ1n) is 7.38. The van der Waals surface area contributed by atoms with E-state index in [-0.39, 0.29) is 6.04 Å². The first-order valence-corrected chi connectivity index (χ1v) is 7.38. The molecular weight excluding hydrogens is 226 g/mol. The summed E-state index contributed by atoms with van der Waals surface area (Å²) in [5, 5.41) is 3.33. The van der Waals surface area contributed by atoms with Crippen molar-refractivity contribution in [3.8, 4) is 0 Å². The molecule has 0 bridgehead atoms. The molecule has 18 heavy (non-hydrogen) atoms. The maximum Gasteiger partial charge on any atom is 0.240 e. The van der Waals surface area contributed by atoms with Crippen LogP contribution in [0.4, 0.5) is 0 Å². The molecule has 2 atom stereocenters. The average molecular weight is 253 g/mol. The van der Waals surface area contributed by atoms with Gasteiger partial charge in [0, 0.05) is 19.1 Å². The van der Waals surface area contributed by atoms with E-state index in [0.717, 1.165) is 32.6 Å². The minimum absolute atomic E-state index is 0.0811. The lowest BCUT2D eigenvalue weighted by Crippen LogP contribution is -2.35. The molecule has 2 saturated heterocycles. The van der Waals surface area contributed by atoms with Crippen molar-refractivity contribution in [2.45, 2.75) is 52.1 Å². The largest absolute Gasteiger partial charge is 0.328 e. The van der Waals surface area contributed by atoms with Gasteiger partial charge in [0.15, 0.2) is 0 Å². The van der Waals surface area contributed by atoms with E-state index >= 15 is 0 Å². The molecule has 2 aliphatic heterocycles.